The van der Waals surface area contributed by atoms with Gasteiger partial charge in [0.05, 0.1) is 35.9 Å². The van der Waals surface area contributed by atoms with Gasteiger partial charge in [-0.3, -0.25) is 9.59 Å². The van der Waals surface area contributed by atoms with Crippen molar-refractivity contribution in [3.05, 3.63) is 59.9 Å². The van der Waals surface area contributed by atoms with Crippen LogP contribution >= 0.6 is 0 Å². The lowest BCUT2D eigenvalue weighted by Gasteiger charge is -2.34. The third kappa shape index (κ3) is 2.29. The minimum Gasteiger partial charge on any atom is -0.484 e. The first-order valence-electron chi connectivity index (χ1n) is 8.67. The summed E-state index contributed by atoms with van der Waals surface area (Å²) in [6, 6.07) is 12.8. The van der Waals surface area contributed by atoms with E-state index in [9.17, 15) is 9.59 Å². The Bertz CT molecular complexity index is 1040. The summed E-state index contributed by atoms with van der Waals surface area (Å²) in [5.74, 6) is 0.658. The fourth-order valence-corrected chi connectivity index (χ4v) is 3.94. The first-order valence-corrected chi connectivity index (χ1v) is 8.67. The lowest BCUT2D eigenvalue weighted by atomic mass is 9.89. The lowest BCUT2D eigenvalue weighted by molar-refractivity contribution is 0.0428. The van der Waals surface area contributed by atoms with Crippen LogP contribution in [0.15, 0.2) is 48.8 Å². The van der Waals surface area contributed by atoms with E-state index in [2.05, 4.69) is 9.97 Å². The number of aromatic amines is 1. The summed E-state index contributed by atoms with van der Waals surface area (Å²) in [5.41, 5.74) is 2.30. The van der Waals surface area contributed by atoms with Crippen molar-refractivity contribution in [3.8, 4) is 5.75 Å². The Morgan fingerprint density at radius 1 is 1.23 bits per heavy atom. The maximum Gasteiger partial charge on any atom is 0.254 e. The number of imidazole rings is 1. The van der Waals surface area contributed by atoms with Gasteiger partial charge in [-0.2, -0.15) is 0 Å². The summed E-state index contributed by atoms with van der Waals surface area (Å²) in [5, 5.41) is 0. The van der Waals surface area contributed by atoms with Crippen LogP contribution in [0, 0.1) is 0 Å². The molecular weight excluding hydrogens is 330 g/mol. The van der Waals surface area contributed by atoms with Crippen LogP contribution in [0.4, 0.5) is 0 Å². The van der Waals surface area contributed by atoms with Gasteiger partial charge < -0.3 is 14.6 Å². The minimum absolute atomic E-state index is 0.0479. The Labute approximate surface area is 149 Å². The van der Waals surface area contributed by atoms with Gasteiger partial charge in [0, 0.05) is 18.5 Å². The molecule has 1 atom stereocenters. The van der Waals surface area contributed by atoms with Crippen LogP contribution < -0.4 is 4.74 Å². The van der Waals surface area contributed by atoms with Crippen LogP contribution in [-0.2, 0) is 0 Å². The van der Waals surface area contributed by atoms with E-state index in [1.54, 1.807) is 23.4 Å². The standard InChI is InChI=1S/C20H17N3O3/c24-17-10-20(26-18-4-2-1-3-14(17)18)7-8-23(11-20)19(25)13-5-6-15-16(9-13)22-12-21-15/h1-6,9,12H,7-8,10-11H2,(H,21,22). The first-order chi connectivity index (χ1) is 12.6. The van der Waals surface area contributed by atoms with Crippen molar-refractivity contribution in [3.63, 3.8) is 0 Å². The molecule has 5 rings (SSSR count). The van der Waals surface area contributed by atoms with E-state index in [0.717, 1.165) is 11.0 Å². The average molecular weight is 347 g/mol. The molecule has 0 radical (unpaired) electrons. The normalized spacial score (nSPS) is 21.8. The number of likely N-dealkylation sites (tertiary alicyclic amines) is 1. The third-order valence-corrected chi connectivity index (χ3v) is 5.27. The molecule has 3 aromatic rings. The highest BCUT2D eigenvalue weighted by molar-refractivity contribution is 6.01. The molecule has 1 saturated heterocycles. The number of carbonyl (C=O) groups excluding carboxylic acids is 2. The van der Waals surface area contributed by atoms with Gasteiger partial charge in [0.15, 0.2) is 5.78 Å². The summed E-state index contributed by atoms with van der Waals surface area (Å²) in [7, 11) is 0. The van der Waals surface area contributed by atoms with Crippen molar-refractivity contribution in [1.82, 2.24) is 14.9 Å². The topological polar surface area (TPSA) is 75.3 Å². The number of ether oxygens (including phenoxy) is 1. The number of hydrogen-bond donors (Lipinski definition) is 1. The van der Waals surface area contributed by atoms with E-state index >= 15 is 0 Å². The number of benzene rings is 2. The lowest BCUT2D eigenvalue weighted by Crippen LogP contribution is -2.45. The molecule has 1 fully saturated rings. The Morgan fingerprint density at radius 3 is 3.04 bits per heavy atom. The van der Waals surface area contributed by atoms with Gasteiger partial charge in [-0.15, -0.1) is 0 Å². The number of nitrogens with one attached hydrogen (secondary N) is 1. The smallest absolute Gasteiger partial charge is 0.254 e. The van der Waals surface area contributed by atoms with Crippen LogP contribution in [0.3, 0.4) is 0 Å². The largest absolute Gasteiger partial charge is 0.484 e. The Kier molecular flexibility index (Phi) is 3.16. The van der Waals surface area contributed by atoms with E-state index in [0.29, 0.717) is 42.8 Å². The number of ketones is 1. The first kappa shape index (κ1) is 15.1. The molecule has 0 bridgehead atoms. The predicted molar refractivity (Wildman–Crippen MR) is 95.4 cm³/mol. The SMILES string of the molecule is O=C1CC2(CCN(C(=O)c3ccc4nc[nH]c4c3)C2)Oc2ccccc21. The zero-order valence-electron chi connectivity index (χ0n) is 14.1. The zero-order valence-corrected chi connectivity index (χ0v) is 14.1. The number of H-pyrrole nitrogens is 1. The highest BCUT2D eigenvalue weighted by Gasteiger charge is 2.47. The van der Waals surface area contributed by atoms with Crippen molar-refractivity contribution < 1.29 is 14.3 Å². The van der Waals surface area contributed by atoms with Gasteiger partial charge in [0.1, 0.15) is 11.4 Å². The van der Waals surface area contributed by atoms with Gasteiger partial charge in [-0.1, -0.05) is 12.1 Å². The maximum absolute atomic E-state index is 12.9. The molecule has 3 heterocycles. The summed E-state index contributed by atoms with van der Waals surface area (Å²) in [6.45, 7) is 1.00. The highest BCUT2D eigenvalue weighted by atomic mass is 16.5. The number of Topliss-reactive ketones (excluding diaryl/α,β-unsaturated/α-hetero) is 1. The van der Waals surface area contributed by atoms with Gasteiger partial charge in [-0.25, -0.2) is 4.98 Å². The van der Waals surface area contributed by atoms with E-state index in [1.165, 1.54) is 0 Å². The molecule has 26 heavy (non-hydrogen) atoms. The van der Waals surface area contributed by atoms with Gasteiger partial charge >= 0.3 is 0 Å². The van der Waals surface area contributed by atoms with Crippen molar-refractivity contribution in [1.29, 1.82) is 0 Å². The molecule has 0 aliphatic carbocycles. The Balaban J connectivity index is 1.40. The number of carbonyl (C=O) groups is 2. The summed E-state index contributed by atoms with van der Waals surface area (Å²) >= 11 is 0. The molecule has 1 spiro atoms. The monoisotopic (exact) mass is 347 g/mol. The van der Waals surface area contributed by atoms with E-state index in [1.807, 2.05) is 30.3 Å². The van der Waals surface area contributed by atoms with Crippen molar-refractivity contribution in [2.24, 2.45) is 0 Å². The number of para-hydroxylation sites is 1. The van der Waals surface area contributed by atoms with Gasteiger partial charge in [0.2, 0.25) is 0 Å². The molecule has 1 amide bonds. The van der Waals surface area contributed by atoms with Crippen LogP contribution in [0.25, 0.3) is 11.0 Å². The fraction of sp³-hybridized carbons (Fsp3) is 0.250. The van der Waals surface area contributed by atoms with Crippen LogP contribution in [0.2, 0.25) is 0 Å². The molecule has 2 aliphatic heterocycles. The van der Waals surface area contributed by atoms with Crippen LogP contribution in [0.5, 0.6) is 5.75 Å². The molecule has 130 valence electrons. The summed E-state index contributed by atoms with van der Waals surface area (Å²) in [4.78, 5) is 34.4. The molecule has 1 unspecified atom stereocenters. The number of nitrogens with zero attached hydrogens (tertiary/aromatic N) is 2. The molecule has 1 N–H and O–H groups in total. The van der Waals surface area contributed by atoms with Gasteiger partial charge in [-0.05, 0) is 30.3 Å². The van der Waals surface area contributed by atoms with E-state index in [4.69, 9.17) is 4.74 Å². The zero-order chi connectivity index (χ0) is 17.7. The second-order valence-corrected chi connectivity index (χ2v) is 6.99. The maximum atomic E-state index is 12.9. The molecule has 0 saturated carbocycles. The molecule has 6 heteroatoms. The number of amides is 1. The molecule has 6 nitrogen and oxygen atoms in total. The second kappa shape index (κ2) is 5.42. The van der Waals surface area contributed by atoms with E-state index < -0.39 is 5.60 Å². The van der Waals surface area contributed by atoms with Crippen molar-refractivity contribution in [2.45, 2.75) is 18.4 Å². The minimum atomic E-state index is -0.612. The Morgan fingerprint density at radius 2 is 2.12 bits per heavy atom. The average Bonchev–Trinajstić information content (AvgIpc) is 3.27. The fourth-order valence-electron chi connectivity index (χ4n) is 3.94. The third-order valence-electron chi connectivity index (χ3n) is 5.27. The quantitative estimate of drug-likeness (QED) is 0.734. The summed E-state index contributed by atoms with van der Waals surface area (Å²) in [6.07, 6.45) is 2.58. The molecule has 1 aromatic heterocycles. The number of fused-ring (bicyclic) bond motifs is 2. The number of rotatable bonds is 1. The van der Waals surface area contributed by atoms with Crippen LogP contribution in [-0.4, -0.2) is 45.2 Å². The van der Waals surface area contributed by atoms with Crippen molar-refractivity contribution in [2.75, 3.05) is 13.1 Å². The molecule has 2 aromatic carbocycles. The predicted octanol–water partition coefficient (Wildman–Crippen LogP) is 2.81. The molecular formula is C20H17N3O3. The molecule has 2 aliphatic rings. The van der Waals surface area contributed by atoms with Crippen LogP contribution in [0.1, 0.15) is 33.6 Å². The highest BCUT2D eigenvalue weighted by Crippen LogP contribution is 2.38. The number of aromatic nitrogens is 2. The Hall–Kier alpha value is -3.15. The second-order valence-electron chi connectivity index (χ2n) is 6.99. The van der Waals surface area contributed by atoms with Gasteiger partial charge in [0.25, 0.3) is 5.91 Å². The number of hydrogen-bond acceptors (Lipinski definition) is 4. The van der Waals surface area contributed by atoms with Crippen molar-refractivity contribution >= 4 is 22.7 Å². The van der Waals surface area contributed by atoms with E-state index in [-0.39, 0.29) is 11.7 Å². The summed E-state index contributed by atoms with van der Waals surface area (Å²) < 4.78 is 6.19.